The molecule has 2 N–H and O–H groups in total. The monoisotopic (exact) mass is 399 g/mol. The zero-order chi connectivity index (χ0) is 20.5. The van der Waals surface area contributed by atoms with Gasteiger partial charge in [0.1, 0.15) is 5.65 Å². The van der Waals surface area contributed by atoms with Crippen molar-refractivity contribution in [3.8, 4) is 0 Å². The van der Waals surface area contributed by atoms with Crippen molar-refractivity contribution in [3.05, 3.63) is 35.8 Å². The quantitative estimate of drug-likeness (QED) is 0.363. The zero-order valence-corrected chi connectivity index (χ0v) is 18.3. The highest BCUT2D eigenvalue weighted by molar-refractivity contribution is 5.79. The molecule has 0 aliphatic heterocycles. The predicted octanol–water partition coefficient (Wildman–Crippen LogP) is 3.73. The van der Waals surface area contributed by atoms with Gasteiger partial charge in [0.2, 0.25) is 0 Å². The van der Waals surface area contributed by atoms with Crippen LogP contribution in [0.15, 0.2) is 29.5 Å². The highest BCUT2D eigenvalue weighted by atomic mass is 16.5. The zero-order valence-electron chi connectivity index (χ0n) is 18.3. The van der Waals surface area contributed by atoms with Crippen LogP contribution in [-0.4, -0.2) is 48.2 Å². The summed E-state index contributed by atoms with van der Waals surface area (Å²) in [4.78, 5) is 9.71. The number of aromatic nitrogens is 2. The van der Waals surface area contributed by atoms with Gasteiger partial charge in [-0.1, -0.05) is 18.9 Å². The van der Waals surface area contributed by atoms with Crippen LogP contribution in [0.2, 0.25) is 0 Å². The molecule has 160 valence electrons. The van der Waals surface area contributed by atoms with Gasteiger partial charge in [0.25, 0.3) is 0 Å². The molecule has 1 saturated carbocycles. The molecule has 1 aliphatic rings. The van der Waals surface area contributed by atoms with E-state index in [1.807, 2.05) is 0 Å². The van der Waals surface area contributed by atoms with Crippen LogP contribution in [-0.2, 0) is 11.2 Å². The van der Waals surface area contributed by atoms with Crippen LogP contribution in [0.25, 0.3) is 5.65 Å². The van der Waals surface area contributed by atoms with Gasteiger partial charge >= 0.3 is 0 Å². The summed E-state index contributed by atoms with van der Waals surface area (Å²) in [7, 11) is 0. The molecule has 3 rings (SSSR count). The average Bonchev–Trinajstić information content (AvgIpc) is 3.35. The van der Waals surface area contributed by atoms with E-state index in [4.69, 9.17) is 14.7 Å². The average molecular weight is 400 g/mol. The standard InChI is InChI=1S/C23H37N5O/c1-4-24-22(26-18-23(11-6-7-12-23)13-16-29-5-2)25-14-10-20-17-28-15-8-9-19(3)21(28)27-20/h8-9,15,17H,4-7,10-14,16,18H2,1-3H3,(H2,24,25,26). The summed E-state index contributed by atoms with van der Waals surface area (Å²) in [5.41, 5.74) is 3.67. The summed E-state index contributed by atoms with van der Waals surface area (Å²) >= 11 is 0. The Morgan fingerprint density at radius 3 is 2.83 bits per heavy atom. The van der Waals surface area contributed by atoms with E-state index in [1.165, 1.54) is 31.2 Å². The van der Waals surface area contributed by atoms with Crippen LogP contribution in [0.3, 0.4) is 0 Å². The Kier molecular flexibility index (Phi) is 7.92. The van der Waals surface area contributed by atoms with E-state index >= 15 is 0 Å². The predicted molar refractivity (Wildman–Crippen MR) is 120 cm³/mol. The van der Waals surface area contributed by atoms with E-state index in [2.05, 4.69) is 60.3 Å². The lowest BCUT2D eigenvalue weighted by atomic mass is 9.83. The third-order valence-corrected chi connectivity index (χ3v) is 5.96. The first kappa shape index (κ1) is 21.6. The van der Waals surface area contributed by atoms with Crippen molar-refractivity contribution in [1.82, 2.24) is 20.0 Å². The molecule has 0 aromatic carbocycles. The number of hydrogen-bond donors (Lipinski definition) is 2. The smallest absolute Gasteiger partial charge is 0.191 e. The first-order valence-corrected chi connectivity index (χ1v) is 11.2. The summed E-state index contributed by atoms with van der Waals surface area (Å²) in [6.45, 7) is 10.5. The molecule has 6 nitrogen and oxygen atoms in total. The first-order valence-electron chi connectivity index (χ1n) is 11.2. The number of nitrogens with one attached hydrogen (secondary N) is 2. The number of ether oxygens (including phenoxy) is 1. The van der Waals surface area contributed by atoms with Gasteiger partial charge in [-0.05, 0) is 57.1 Å². The first-order chi connectivity index (χ1) is 14.2. The fourth-order valence-electron chi connectivity index (χ4n) is 4.27. The Labute approximate surface area is 175 Å². The summed E-state index contributed by atoms with van der Waals surface area (Å²) < 4.78 is 7.74. The maximum atomic E-state index is 5.63. The van der Waals surface area contributed by atoms with E-state index in [1.54, 1.807) is 0 Å². The Morgan fingerprint density at radius 2 is 2.10 bits per heavy atom. The second kappa shape index (κ2) is 10.6. The number of aryl methyl sites for hydroxylation is 1. The number of nitrogens with zero attached hydrogens (tertiary/aromatic N) is 3. The van der Waals surface area contributed by atoms with Crippen molar-refractivity contribution in [1.29, 1.82) is 0 Å². The van der Waals surface area contributed by atoms with E-state index in [9.17, 15) is 0 Å². The fourth-order valence-corrected chi connectivity index (χ4v) is 4.27. The normalized spacial score (nSPS) is 16.4. The Balaban J connectivity index is 1.56. The van der Waals surface area contributed by atoms with Crippen LogP contribution in [0.4, 0.5) is 0 Å². The van der Waals surface area contributed by atoms with E-state index < -0.39 is 0 Å². The van der Waals surface area contributed by atoms with Crippen molar-refractivity contribution < 1.29 is 4.74 Å². The molecule has 0 amide bonds. The van der Waals surface area contributed by atoms with Gasteiger partial charge in [0.05, 0.1) is 5.69 Å². The molecule has 0 bridgehead atoms. The number of imidazole rings is 1. The van der Waals surface area contributed by atoms with Gasteiger partial charge in [-0.25, -0.2) is 4.98 Å². The summed E-state index contributed by atoms with van der Waals surface area (Å²) in [6, 6.07) is 4.16. The van der Waals surface area contributed by atoms with E-state index in [0.29, 0.717) is 5.41 Å². The lowest BCUT2D eigenvalue weighted by Crippen LogP contribution is -2.39. The van der Waals surface area contributed by atoms with Crippen molar-refractivity contribution in [2.75, 3.05) is 32.8 Å². The van der Waals surface area contributed by atoms with Crippen molar-refractivity contribution in [2.24, 2.45) is 10.4 Å². The second-order valence-corrected chi connectivity index (χ2v) is 8.18. The number of hydrogen-bond acceptors (Lipinski definition) is 3. The van der Waals surface area contributed by atoms with E-state index in [0.717, 1.165) is 63.0 Å². The van der Waals surface area contributed by atoms with Gasteiger partial charge < -0.3 is 19.8 Å². The molecule has 6 heteroatoms. The third-order valence-electron chi connectivity index (χ3n) is 5.96. The molecule has 0 radical (unpaired) electrons. The molecule has 29 heavy (non-hydrogen) atoms. The number of guanidine groups is 1. The molecule has 0 saturated heterocycles. The van der Waals surface area contributed by atoms with Crippen LogP contribution in [0, 0.1) is 12.3 Å². The molecular formula is C23H37N5O. The number of pyridine rings is 1. The molecule has 2 heterocycles. The lowest BCUT2D eigenvalue weighted by Gasteiger charge is -2.27. The van der Waals surface area contributed by atoms with Crippen LogP contribution in [0.5, 0.6) is 0 Å². The molecule has 0 spiro atoms. The van der Waals surface area contributed by atoms with Crippen LogP contribution < -0.4 is 10.6 Å². The Bertz CT molecular complexity index is 792. The highest BCUT2D eigenvalue weighted by Gasteiger charge is 2.33. The topological polar surface area (TPSA) is 63.0 Å². The minimum Gasteiger partial charge on any atom is -0.382 e. The minimum absolute atomic E-state index is 0.316. The van der Waals surface area contributed by atoms with Gasteiger partial charge in [-0.2, -0.15) is 0 Å². The van der Waals surface area contributed by atoms with Crippen LogP contribution >= 0.6 is 0 Å². The molecule has 1 fully saturated rings. The maximum absolute atomic E-state index is 5.63. The second-order valence-electron chi connectivity index (χ2n) is 8.18. The molecule has 0 unspecified atom stereocenters. The van der Waals surface area contributed by atoms with Gasteiger partial charge in [-0.3, -0.25) is 4.99 Å². The Morgan fingerprint density at radius 1 is 1.28 bits per heavy atom. The molecule has 2 aromatic rings. The highest BCUT2D eigenvalue weighted by Crippen LogP contribution is 2.41. The number of fused-ring (bicyclic) bond motifs is 1. The van der Waals surface area contributed by atoms with Crippen molar-refractivity contribution >= 4 is 11.6 Å². The largest absolute Gasteiger partial charge is 0.382 e. The van der Waals surface area contributed by atoms with Crippen LogP contribution in [0.1, 0.15) is 57.2 Å². The van der Waals surface area contributed by atoms with E-state index in [-0.39, 0.29) is 0 Å². The summed E-state index contributed by atoms with van der Waals surface area (Å²) in [6.07, 6.45) is 11.3. The fraction of sp³-hybridized carbons (Fsp3) is 0.652. The molecule has 0 atom stereocenters. The summed E-state index contributed by atoms with van der Waals surface area (Å²) in [5.74, 6) is 0.912. The molecule has 1 aliphatic carbocycles. The Hall–Kier alpha value is -2.08. The summed E-state index contributed by atoms with van der Waals surface area (Å²) in [5, 5.41) is 6.89. The number of rotatable bonds is 10. The van der Waals surface area contributed by atoms with Crippen molar-refractivity contribution in [2.45, 2.75) is 59.3 Å². The van der Waals surface area contributed by atoms with Gasteiger partial charge in [-0.15, -0.1) is 0 Å². The third kappa shape index (κ3) is 5.95. The van der Waals surface area contributed by atoms with Crippen molar-refractivity contribution in [3.63, 3.8) is 0 Å². The van der Waals surface area contributed by atoms with Gasteiger partial charge in [0, 0.05) is 51.7 Å². The van der Waals surface area contributed by atoms with Gasteiger partial charge in [0.15, 0.2) is 5.96 Å². The number of aliphatic imine (C=N–C) groups is 1. The molecule has 2 aromatic heterocycles. The molecular weight excluding hydrogens is 362 g/mol. The SMILES string of the molecule is CCNC(=NCC1(CCOCC)CCCC1)NCCc1cn2cccc(C)c2n1. The minimum atomic E-state index is 0.316. The lowest BCUT2D eigenvalue weighted by molar-refractivity contribution is 0.107. The maximum Gasteiger partial charge on any atom is 0.191 e.